The van der Waals surface area contributed by atoms with E-state index in [2.05, 4.69) is 10.2 Å². The van der Waals surface area contributed by atoms with Crippen LogP contribution < -0.4 is 0 Å². The van der Waals surface area contributed by atoms with Gasteiger partial charge < -0.3 is 0 Å². The summed E-state index contributed by atoms with van der Waals surface area (Å²) in [6.45, 7) is 0. The molecule has 0 aliphatic heterocycles. The Balaban J connectivity index is 2.30. The predicted molar refractivity (Wildman–Crippen MR) is 66.9 cm³/mol. The average molecular weight is 222 g/mol. The van der Waals surface area contributed by atoms with E-state index in [1.165, 1.54) is 0 Å². The molecule has 0 unspecified atom stereocenters. The molecule has 0 aliphatic carbocycles. The third-order valence-corrected chi connectivity index (χ3v) is 2.81. The Kier molecular flexibility index (Phi) is 2.22. The molecule has 1 heterocycles. The number of nitrogens with zero attached hydrogens (tertiary/aromatic N) is 1. The first-order valence-electron chi connectivity index (χ1n) is 5.38. The van der Waals surface area contributed by atoms with Crippen LogP contribution in [0.3, 0.4) is 0 Å². The first kappa shape index (κ1) is 9.78. The maximum atomic E-state index is 10.9. The Labute approximate surface area is 98.1 Å². The topological polar surface area (TPSA) is 45.8 Å². The second-order valence-electron chi connectivity index (χ2n) is 3.83. The number of hydrogen-bond acceptors (Lipinski definition) is 2. The van der Waals surface area contributed by atoms with Crippen LogP contribution in [0.25, 0.3) is 22.2 Å². The highest BCUT2D eigenvalue weighted by Crippen LogP contribution is 2.27. The minimum absolute atomic E-state index is 0.612. The molecule has 0 saturated heterocycles. The lowest BCUT2D eigenvalue weighted by atomic mass is 10.1. The van der Waals surface area contributed by atoms with E-state index in [1.54, 1.807) is 6.07 Å². The highest BCUT2D eigenvalue weighted by atomic mass is 16.1. The van der Waals surface area contributed by atoms with Gasteiger partial charge in [0, 0.05) is 16.5 Å². The van der Waals surface area contributed by atoms with Gasteiger partial charge in [-0.25, -0.2) is 0 Å². The van der Waals surface area contributed by atoms with E-state index in [0.717, 1.165) is 28.4 Å². The van der Waals surface area contributed by atoms with Crippen molar-refractivity contribution in [1.29, 1.82) is 0 Å². The van der Waals surface area contributed by atoms with Gasteiger partial charge in [0.1, 0.15) is 5.52 Å². The number of nitrogens with one attached hydrogen (secondary N) is 1. The van der Waals surface area contributed by atoms with Gasteiger partial charge in [-0.15, -0.1) is 0 Å². The van der Waals surface area contributed by atoms with Crippen molar-refractivity contribution in [1.82, 2.24) is 10.2 Å². The van der Waals surface area contributed by atoms with Crippen molar-refractivity contribution in [2.75, 3.05) is 0 Å². The molecule has 0 radical (unpaired) electrons. The maximum Gasteiger partial charge on any atom is 0.152 e. The molecule has 3 rings (SSSR count). The lowest BCUT2D eigenvalue weighted by Crippen LogP contribution is -1.81. The normalized spacial score (nSPS) is 10.6. The van der Waals surface area contributed by atoms with Crippen LogP contribution in [-0.2, 0) is 0 Å². The molecule has 0 fully saturated rings. The fourth-order valence-corrected chi connectivity index (χ4v) is 1.98. The molecular weight excluding hydrogens is 212 g/mol. The smallest absolute Gasteiger partial charge is 0.152 e. The van der Waals surface area contributed by atoms with Gasteiger partial charge in [-0.3, -0.25) is 9.89 Å². The number of H-pyrrole nitrogens is 1. The molecule has 3 heteroatoms. The Morgan fingerprint density at radius 2 is 1.82 bits per heavy atom. The summed E-state index contributed by atoms with van der Waals surface area (Å²) in [5, 5.41) is 8.18. The molecule has 0 atom stereocenters. The molecule has 82 valence electrons. The van der Waals surface area contributed by atoms with E-state index in [4.69, 9.17) is 0 Å². The molecule has 0 aliphatic rings. The molecule has 0 saturated carbocycles. The maximum absolute atomic E-state index is 10.9. The number of fused-ring (bicyclic) bond motifs is 1. The molecule has 2 aromatic carbocycles. The minimum Gasteiger partial charge on any atom is -0.298 e. The Morgan fingerprint density at radius 1 is 1.00 bits per heavy atom. The van der Waals surface area contributed by atoms with Crippen LogP contribution >= 0.6 is 0 Å². The van der Waals surface area contributed by atoms with Gasteiger partial charge in [-0.1, -0.05) is 42.5 Å². The monoisotopic (exact) mass is 222 g/mol. The summed E-state index contributed by atoms with van der Waals surface area (Å²) in [6, 6.07) is 15.6. The molecule has 1 N–H and O–H groups in total. The van der Waals surface area contributed by atoms with Crippen LogP contribution in [0.2, 0.25) is 0 Å². The number of aromatic amines is 1. The van der Waals surface area contributed by atoms with E-state index in [1.807, 2.05) is 42.5 Å². The van der Waals surface area contributed by atoms with Gasteiger partial charge in [-0.2, -0.15) is 5.10 Å². The number of para-hydroxylation sites is 1. The SMILES string of the molecule is O=Cc1cccc2c(-c3ccccc3)[nH]nc12. The number of aldehydes is 1. The van der Waals surface area contributed by atoms with E-state index in [-0.39, 0.29) is 0 Å². The molecule has 1 aromatic heterocycles. The summed E-state index contributed by atoms with van der Waals surface area (Å²) in [6.07, 6.45) is 0.831. The average Bonchev–Trinajstić information content (AvgIpc) is 2.83. The highest BCUT2D eigenvalue weighted by molar-refractivity contribution is 6.01. The van der Waals surface area contributed by atoms with Crippen molar-refractivity contribution in [2.24, 2.45) is 0 Å². The predicted octanol–water partition coefficient (Wildman–Crippen LogP) is 3.04. The van der Waals surface area contributed by atoms with Gasteiger partial charge >= 0.3 is 0 Å². The highest BCUT2D eigenvalue weighted by Gasteiger charge is 2.09. The third kappa shape index (κ3) is 1.52. The molecule has 3 nitrogen and oxygen atoms in total. The van der Waals surface area contributed by atoms with Crippen LogP contribution in [0, 0.1) is 0 Å². The standard InChI is InChI=1S/C14H10N2O/c17-9-11-7-4-8-12-13(15-16-14(11)12)10-5-2-1-3-6-10/h1-9H,(H,15,16). The molecule has 17 heavy (non-hydrogen) atoms. The molecule has 0 spiro atoms. The van der Waals surface area contributed by atoms with E-state index in [0.29, 0.717) is 5.56 Å². The van der Waals surface area contributed by atoms with E-state index in [9.17, 15) is 4.79 Å². The number of rotatable bonds is 2. The Morgan fingerprint density at radius 3 is 2.59 bits per heavy atom. The molecule has 0 bridgehead atoms. The Bertz CT molecular complexity index is 671. The minimum atomic E-state index is 0.612. The fourth-order valence-electron chi connectivity index (χ4n) is 1.98. The van der Waals surface area contributed by atoms with Crippen LogP contribution in [0.1, 0.15) is 10.4 Å². The number of hydrogen-bond donors (Lipinski definition) is 1. The van der Waals surface area contributed by atoms with E-state index < -0.39 is 0 Å². The van der Waals surface area contributed by atoms with Crippen molar-refractivity contribution >= 4 is 17.2 Å². The quantitative estimate of drug-likeness (QED) is 0.677. The molecular formula is C14H10N2O. The van der Waals surface area contributed by atoms with Crippen molar-refractivity contribution in [3.63, 3.8) is 0 Å². The summed E-state index contributed by atoms with van der Waals surface area (Å²) in [4.78, 5) is 10.9. The zero-order valence-corrected chi connectivity index (χ0v) is 9.05. The summed E-state index contributed by atoms with van der Waals surface area (Å²) in [7, 11) is 0. The van der Waals surface area contributed by atoms with Gasteiger partial charge in [0.15, 0.2) is 6.29 Å². The lowest BCUT2D eigenvalue weighted by Gasteiger charge is -1.98. The summed E-state index contributed by atoms with van der Waals surface area (Å²) in [5.74, 6) is 0. The number of aromatic nitrogens is 2. The first-order chi connectivity index (χ1) is 8.40. The summed E-state index contributed by atoms with van der Waals surface area (Å²) >= 11 is 0. The zero-order valence-electron chi connectivity index (χ0n) is 9.05. The number of carbonyl (C=O) groups is 1. The molecule has 3 aromatic rings. The van der Waals surface area contributed by atoms with E-state index >= 15 is 0 Å². The second-order valence-corrected chi connectivity index (χ2v) is 3.83. The van der Waals surface area contributed by atoms with Crippen molar-refractivity contribution in [3.05, 3.63) is 54.1 Å². The fraction of sp³-hybridized carbons (Fsp3) is 0. The van der Waals surface area contributed by atoms with Gasteiger partial charge in [0.25, 0.3) is 0 Å². The Hall–Kier alpha value is -2.42. The van der Waals surface area contributed by atoms with Crippen molar-refractivity contribution in [3.8, 4) is 11.3 Å². The van der Waals surface area contributed by atoms with Crippen molar-refractivity contribution in [2.45, 2.75) is 0 Å². The third-order valence-electron chi connectivity index (χ3n) is 2.81. The van der Waals surface area contributed by atoms with Gasteiger partial charge in [-0.05, 0) is 6.07 Å². The summed E-state index contributed by atoms with van der Waals surface area (Å²) < 4.78 is 0. The van der Waals surface area contributed by atoms with Crippen LogP contribution in [-0.4, -0.2) is 16.5 Å². The van der Waals surface area contributed by atoms with Gasteiger partial charge in [0.2, 0.25) is 0 Å². The number of carbonyl (C=O) groups excluding carboxylic acids is 1. The second kappa shape index (κ2) is 3.87. The van der Waals surface area contributed by atoms with Crippen LogP contribution in [0.15, 0.2) is 48.5 Å². The van der Waals surface area contributed by atoms with Crippen LogP contribution in [0.4, 0.5) is 0 Å². The van der Waals surface area contributed by atoms with Crippen LogP contribution in [0.5, 0.6) is 0 Å². The zero-order chi connectivity index (χ0) is 11.7. The summed E-state index contributed by atoms with van der Waals surface area (Å²) in [5.41, 5.74) is 3.35. The first-order valence-corrected chi connectivity index (χ1v) is 5.38. The van der Waals surface area contributed by atoms with Crippen molar-refractivity contribution < 1.29 is 4.79 Å². The van der Waals surface area contributed by atoms with Gasteiger partial charge in [0.05, 0.1) is 5.69 Å². The lowest BCUT2D eigenvalue weighted by molar-refractivity contribution is 0.112. The molecule has 0 amide bonds. The number of benzene rings is 2. The largest absolute Gasteiger partial charge is 0.298 e.